The third kappa shape index (κ3) is 2.31. The minimum absolute atomic E-state index is 0.0556. The summed E-state index contributed by atoms with van der Waals surface area (Å²) in [6.07, 6.45) is 3.39. The van der Waals surface area contributed by atoms with Crippen LogP contribution in [0.25, 0.3) is 0 Å². The molecule has 2 heterocycles. The molecule has 1 N–H and O–H groups in total. The Bertz CT molecular complexity index is 518. The highest BCUT2D eigenvalue weighted by Gasteiger charge is 2.24. The van der Waals surface area contributed by atoms with Gasteiger partial charge in [0.05, 0.1) is 23.2 Å². The lowest BCUT2D eigenvalue weighted by Gasteiger charge is -2.18. The normalized spacial score (nSPS) is 12.9. The lowest BCUT2D eigenvalue weighted by atomic mass is 10.1. The molecule has 98 valence electrons. The monoisotopic (exact) mass is 267 g/mol. The van der Waals surface area contributed by atoms with Crippen LogP contribution in [0.2, 0.25) is 5.02 Å². The third-order valence-electron chi connectivity index (χ3n) is 2.98. The molecule has 2 aromatic rings. The number of hydrogen-bond acceptors (Lipinski definition) is 3. The van der Waals surface area contributed by atoms with Gasteiger partial charge in [-0.3, -0.25) is 4.68 Å². The largest absolute Gasteiger partial charge is 0.467 e. The average molecular weight is 268 g/mol. The highest BCUT2D eigenvalue weighted by molar-refractivity contribution is 6.31. The van der Waals surface area contributed by atoms with E-state index < -0.39 is 0 Å². The van der Waals surface area contributed by atoms with Gasteiger partial charge in [0.15, 0.2) is 0 Å². The minimum Gasteiger partial charge on any atom is -0.467 e. The van der Waals surface area contributed by atoms with Gasteiger partial charge in [-0.05, 0) is 32.0 Å². The molecule has 0 fully saturated rings. The summed E-state index contributed by atoms with van der Waals surface area (Å²) in [7, 11) is 0. The van der Waals surface area contributed by atoms with Crippen molar-refractivity contribution in [1.82, 2.24) is 15.1 Å². The maximum absolute atomic E-state index is 6.26. The van der Waals surface area contributed by atoms with E-state index in [0.29, 0.717) is 5.02 Å². The van der Waals surface area contributed by atoms with Gasteiger partial charge in [-0.15, -0.1) is 0 Å². The predicted molar refractivity (Wildman–Crippen MR) is 71.9 cm³/mol. The summed E-state index contributed by atoms with van der Waals surface area (Å²) >= 11 is 6.26. The Morgan fingerprint density at radius 2 is 2.28 bits per heavy atom. The molecule has 0 aliphatic rings. The van der Waals surface area contributed by atoms with Crippen LogP contribution in [-0.2, 0) is 6.54 Å². The number of furan rings is 1. The lowest BCUT2D eigenvalue weighted by molar-refractivity contribution is 0.430. The first-order valence-electron chi connectivity index (χ1n) is 6.17. The zero-order chi connectivity index (χ0) is 13.1. The van der Waals surface area contributed by atoms with Crippen LogP contribution in [-0.4, -0.2) is 16.3 Å². The van der Waals surface area contributed by atoms with Gasteiger partial charge in [-0.2, -0.15) is 5.10 Å². The number of hydrogen-bond donors (Lipinski definition) is 1. The molecule has 2 aromatic heterocycles. The first kappa shape index (κ1) is 13.2. The first-order valence-corrected chi connectivity index (χ1v) is 6.55. The molecule has 0 bridgehead atoms. The second-order valence-electron chi connectivity index (χ2n) is 4.15. The molecule has 1 unspecified atom stereocenters. The SMILES string of the molecule is CCNC(c1occc1C)c1c(Cl)cnn1CC. The zero-order valence-corrected chi connectivity index (χ0v) is 11.7. The van der Waals surface area contributed by atoms with Crippen LogP contribution < -0.4 is 5.32 Å². The van der Waals surface area contributed by atoms with Crippen molar-refractivity contribution in [3.63, 3.8) is 0 Å². The molecular formula is C13H18ClN3O. The molecule has 1 atom stereocenters. The highest BCUT2D eigenvalue weighted by atomic mass is 35.5. The van der Waals surface area contributed by atoms with Crippen LogP contribution in [0.3, 0.4) is 0 Å². The molecular weight excluding hydrogens is 250 g/mol. The molecule has 0 spiro atoms. The highest BCUT2D eigenvalue weighted by Crippen LogP contribution is 2.30. The van der Waals surface area contributed by atoms with Crippen LogP contribution >= 0.6 is 11.6 Å². The maximum Gasteiger partial charge on any atom is 0.129 e. The van der Waals surface area contributed by atoms with Gasteiger partial charge < -0.3 is 9.73 Å². The van der Waals surface area contributed by atoms with E-state index in [1.807, 2.05) is 24.6 Å². The number of nitrogens with one attached hydrogen (secondary N) is 1. The second-order valence-corrected chi connectivity index (χ2v) is 4.56. The summed E-state index contributed by atoms with van der Waals surface area (Å²) in [5.74, 6) is 0.897. The summed E-state index contributed by atoms with van der Waals surface area (Å²) in [5, 5.41) is 8.35. The van der Waals surface area contributed by atoms with E-state index in [0.717, 1.165) is 30.1 Å². The first-order chi connectivity index (χ1) is 8.69. The van der Waals surface area contributed by atoms with Crippen LogP contribution in [0.5, 0.6) is 0 Å². The number of halogens is 1. The van der Waals surface area contributed by atoms with Gasteiger partial charge >= 0.3 is 0 Å². The summed E-state index contributed by atoms with van der Waals surface area (Å²) in [4.78, 5) is 0. The van der Waals surface area contributed by atoms with Crippen molar-refractivity contribution in [2.75, 3.05) is 6.54 Å². The standard InChI is InChI=1S/C13H18ClN3O/c1-4-15-11(13-9(3)6-7-18-13)12-10(14)8-16-17(12)5-2/h6-8,11,15H,4-5H2,1-3H3. The summed E-state index contributed by atoms with van der Waals surface area (Å²) in [6.45, 7) is 7.75. The molecule has 0 aromatic carbocycles. The van der Waals surface area contributed by atoms with Crippen molar-refractivity contribution >= 4 is 11.6 Å². The van der Waals surface area contributed by atoms with Gasteiger partial charge in [-0.25, -0.2) is 0 Å². The third-order valence-corrected chi connectivity index (χ3v) is 3.27. The lowest BCUT2D eigenvalue weighted by Crippen LogP contribution is -2.25. The Morgan fingerprint density at radius 1 is 1.50 bits per heavy atom. The zero-order valence-electron chi connectivity index (χ0n) is 10.9. The number of nitrogens with zero attached hydrogens (tertiary/aromatic N) is 2. The van der Waals surface area contributed by atoms with Crippen molar-refractivity contribution in [1.29, 1.82) is 0 Å². The summed E-state index contributed by atoms with van der Waals surface area (Å²) < 4.78 is 7.50. The fourth-order valence-electron chi connectivity index (χ4n) is 2.11. The van der Waals surface area contributed by atoms with Gasteiger partial charge in [0, 0.05) is 6.54 Å². The van der Waals surface area contributed by atoms with E-state index in [-0.39, 0.29) is 6.04 Å². The Kier molecular flexibility index (Phi) is 4.09. The van der Waals surface area contributed by atoms with Crippen LogP contribution in [0.4, 0.5) is 0 Å². The van der Waals surface area contributed by atoms with E-state index in [1.165, 1.54) is 0 Å². The second kappa shape index (κ2) is 5.59. The van der Waals surface area contributed by atoms with E-state index in [4.69, 9.17) is 16.0 Å². The molecule has 5 heteroatoms. The smallest absolute Gasteiger partial charge is 0.129 e. The average Bonchev–Trinajstić information content (AvgIpc) is 2.93. The van der Waals surface area contributed by atoms with Gasteiger partial charge in [0.25, 0.3) is 0 Å². The van der Waals surface area contributed by atoms with Crippen molar-refractivity contribution in [2.45, 2.75) is 33.4 Å². The summed E-state index contributed by atoms with van der Waals surface area (Å²) in [5.41, 5.74) is 2.07. The van der Waals surface area contributed by atoms with Crippen molar-refractivity contribution in [3.05, 3.63) is 40.6 Å². The van der Waals surface area contributed by atoms with E-state index in [1.54, 1.807) is 12.5 Å². The van der Waals surface area contributed by atoms with Crippen molar-refractivity contribution < 1.29 is 4.42 Å². The van der Waals surface area contributed by atoms with Crippen molar-refractivity contribution in [2.24, 2.45) is 0 Å². The molecule has 18 heavy (non-hydrogen) atoms. The molecule has 0 radical (unpaired) electrons. The van der Waals surface area contributed by atoms with Gasteiger partial charge in [-0.1, -0.05) is 18.5 Å². The van der Waals surface area contributed by atoms with Crippen molar-refractivity contribution in [3.8, 4) is 0 Å². The molecule has 4 nitrogen and oxygen atoms in total. The fraction of sp³-hybridized carbons (Fsp3) is 0.462. The van der Waals surface area contributed by atoms with Crippen LogP contribution in [0.15, 0.2) is 22.9 Å². The molecule has 0 aliphatic carbocycles. The molecule has 0 aliphatic heterocycles. The minimum atomic E-state index is -0.0556. The van der Waals surface area contributed by atoms with E-state index >= 15 is 0 Å². The number of rotatable bonds is 5. The molecule has 0 saturated carbocycles. The molecule has 2 rings (SSSR count). The predicted octanol–water partition coefficient (Wildman–Crippen LogP) is 3.16. The Hall–Kier alpha value is -1.26. The van der Waals surface area contributed by atoms with E-state index in [9.17, 15) is 0 Å². The molecule has 0 saturated heterocycles. The number of aryl methyl sites for hydroxylation is 2. The maximum atomic E-state index is 6.26. The topological polar surface area (TPSA) is 43.0 Å². The Balaban J connectivity index is 2.47. The van der Waals surface area contributed by atoms with Gasteiger partial charge in [0.1, 0.15) is 11.8 Å². The van der Waals surface area contributed by atoms with E-state index in [2.05, 4.69) is 17.3 Å². The quantitative estimate of drug-likeness (QED) is 0.905. The number of aromatic nitrogens is 2. The van der Waals surface area contributed by atoms with Crippen LogP contribution in [0.1, 0.15) is 36.9 Å². The fourth-order valence-corrected chi connectivity index (χ4v) is 2.36. The Morgan fingerprint density at radius 3 is 2.83 bits per heavy atom. The molecule has 0 amide bonds. The van der Waals surface area contributed by atoms with Gasteiger partial charge in [0.2, 0.25) is 0 Å². The Labute approximate surface area is 112 Å². The van der Waals surface area contributed by atoms with Crippen LogP contribution in [0, 0.1) is 6.92 Å². The summed E-state index contributed by atoms with van der Waals surface area (Å²) in [6, 6.07) is 1.90.